The van der Waals surface area contributed by atoms with Crippen LogP contribution >= 0.6 is 15.9 Å². The lowest BCUT2D eigenvalue weighted by Crippen LogP contribution is -2.09. The highest BCUT2D eigenvalue weighted by Crippen LogP contribution is 2.29. The molecule has 0 saturated carbocycles. The van der Waals surface area contributed by atoms with Crippen molar-refractivity contribution in [1.82, 2.24) is 0 Å². The highest BCUT2D eigenvalue weighted by molar-refractivity contribution is 9.10. The first-order chi connectivity index (χ1) is 11.0. The summed E-state index contributed by atoms with van der Waals surface area (Å²) in [6, 6.07) is 11.8. The molecule has 0 heterocycles. The Labute approximate surface area is 142 Å². The number of phenolic OH excluding ortho intramolecular Hbond substituents is 1. The summed E-state index contributed by atoms with van der Waals surface area (Å²) in [7, 11) is 0. The molecule has 0 bridgehead atoms. The third-order valence-corrected chi connectivity index (χ3v) is 3.69. The van der Waals surface area contributed by atoms with E-state index in [1.54, 1.807) is 42.5 Å². The SMILES string of the molecule is Nc1ccccc1NC(=O)/C=C/C[C@H](O)c1cc(Br)ccc1O. The van der Waals surface area contributed by atoms with Gasteiger partial charge in [0.05, 0.1) is 17.5 Å². The normalized spacial score (nSPS) is 12.3. The van der Waals surface area contributed by atoms with Gasteiger partial charge in [-0.1, -0.05) is 34.1 Å². The first-order valence-corrected chi connectivity index (χ1v) is 7.75. The zero-order valence-electron chi connectivity index (χ0n) is 12.2. The number of amides is 1. The summed E-state index contributed by atoms with van der Waals surface area (Å²) in [5.41, 5.74) is 7.16. The molecule has 5 N–H and O–H groups in total. The van der Waals surface area contributed by atoms with Crippen LogP contribution in [0, 0.1) is 0 Å². The van der Waals surface area contributed by atoms with Gasteiger partial charge in [0.1, 0.15) is 5.75 Å². The summed E-state index contributed by atoms with van der Waals surface area (Å²) in [6.07, 6.45) is 2.16. The molecule has 2 aromatic carbocycles. The van der Waals surface area contributed by atoms with Crippen LogP contribution in [0.3, 0.4) is 0 Å². The number of aliphatic hydroxyl groups excluding tert-OH is 1. The Morgan fingerprint density at radius 1 is 1.30 bits per heavy atom. The van der Waals surface area contributed by atoms with Crippen molar-refractivity contribution >= 4 is 33.2 Å². The van der Waals surface area contributed by atoms with Crippen LogP contribution in [0.25, 0.3) is 0 Å². The van der Waals surface area contributed by atoms with Crippen LogP contribution < -0.4 is 11.1 Å². The molecule has 0 radical (unpaired) electrons. The van der Waals surface area contributed by atoms with Gasteiger partial charge in [0.25, 0.3) is 0 Å². The number of carbonyl (C=O) groups excluding carboxylic acids is 1. The fourth-order valence-corrected chi connectivity index (χ4v) is 2.39. The second-order valence-corrected chi connectivity index (χ2v) is 5.85. The first-order valence-electron chi connectivity index (χ1n) is 6.96. The van der Waals surface area contributed by atoms with E-state index < -0.39 is 6.10 Å². The van der Waals surface area contributed by atoms with E-state index in [9.17, 15) is 15.0 Å². The van der Waals surface area contributed by atoms with E-state index in [1.165, 1.54) is 12.1 Å². The van der Waals surface area contributed by atoms with Crippen molar-refractivity contribution < 1.29 is 15.0 Å². The third-order valence-electron chi connectivity index (χ3n) is 3.20. The van der Waals surface area contributed by atoms with Gasteiger partial charge in [-0.15, -0.1) is 0 Å². The van der Waals surface area contributed by atoms with Crippen molar-refractivity contribution in [3.63, 3.8) is 0 Å². The fourth-order valence-electron chi connectivity index (χ4n) is 2.01. The Morgan fingerprint density at radius 2 is 2.04 bits per heavy atom. The summed E-state index contributed by atoms with van der Waals surface area (Å²) >= 11 is 3.28. The van der Waals surface area contributed by atoms with Crippen LogP contribution in [-0.4, -0.2) is 16.1 Å². The molecule has 23 heavy (non-hydrogen) atoms. The number of nitrogens with two attached hydrogens (primary N) is 1. The van der Waals surface area contributed by atoms with Gasteiger partial charge >= 0.3 is 0 Å². The average Bonchev–Trinajstić information content (AvgIpc) is 2.52. The van der Waals surface area contributed by atoms with Crippen LogP contribution in [0.5, 0.6) is 5.75 Å². The fraction of sp³-hybridized carbons (Fsp3) is 0.118. The molecule has 0 unspecified atom stereocenters. The minimum absolute atomic E-state index is 0.00982. The second-order valence-electron chi connectivity index (χ2n) is 4.93. The molecule has 1 amide bonds. The summed E-state index contributed by atoms with van der Waals surface area (Å²) in [5, 5.41) is 22.5. The monoisotopic (exact) mass is 376 g/mol. The number of rotatable bonds is 5. The number of aliphatic hydroxyl groups is 1. The van der Waals surface area contributed by atoms with E-state index in [1.807, 2.05) is 0 Å². The lowest BCUT2D eigenvalue weighted by Gasteiger charge is -2.11. The van der Waals surface area contributed by atoms with Crippen molar-refractivity contribution in [2.75, 3.05) is 11.1 Å². The van der Waals surface area contributed by atoms with E-state index in [-0.39, 0.29) is 18.1 Å². The zero-order valence-corrected chi connectivity index (χ0v) is 13.8. The Kier molecular flexibility index (Phi) is 5.78. The Morgan fingerprint density at radius 3 is 2.78 bits per heavy atom. The molecule has 0 aromatic heterocycles. The lowest BCUT2D eigenvalue weighted by molar-refractivity contribution is -0.111. The number of halogens is 1. The van der Waals surface area contributed by atoms with Crippen LogP contribution in [0.15, 0.2) is 59.1 Å². The van der Waals surface area contributed by atoms with Gasteiger partial charge in [0, 0.05) is 10.0 Å². The van der Waals surface area contributed by atoms with Gasteiger partial charge in [0.2, 0.25) is 5.91 Å². The topological polar surface area (TPSA) is 95.6 Å². The minimum atomic E-state index is -0.904. The van der Waals surface area contributed by atoms with Gasteiger partial charge in [0.15, 0.2) is 0 Å². The van der Waals surface area contributed by atoms with Crippen LogP contribution in [0.2, 0.25) is 0 Å². The van der Waals surface area contributed by atoms with E-state index in [0.717, 1.165) is 4.47 Å². The molecule has 0 aliphatic rings. The minimum Gasteiger partial charge on any atom is -0.508 e. The number of nitrogen functional groups attached to an aromatic ring is 1. The van der Waals surface area contributed by atoms with Crippen molar-refractivity contribution in [2.45, 2.75) is 12.5 Å². The number of hydrogen-bond donors (Lipinski definition) is 4. The Bertz CT molecular complexity index is 732. The maximum atomic E-state index is 11.8. The highest BCUT2D eigenvalue weighted by Gasteiger charge is 2.11. The average molecular weight is 377 g/mol. The molecule has 6 heteroatoms. The highest BCUT2D eigenvalue weighted by atomic mass is 79.9. The second kappa shape index (κ2) is 7.80. The summed E-state index contributed by atoms with van der Waals surface area (Å²) in [4.78, 5) is 11.8. The van der Waals surface area contributed by atoms with Gasteiger partial charge in [-0.25, -0.2) is 0 Å². The maximum Gasteiger partial charge on any atom is 0.248 e. The molecule has 0 saturated heterocycles. The number of anilines is 2. The third kappa shape index (κ3) is 4.84. The van der Waals surface area contributed by atoms with Gasteiger partial charge in [-0.2, -0.15) is 0 Å². The molecule has 0 fully saturated rings. The summed E-state index contributed by atoms with van der Waals surface area (Å²) in [5.74, 6) is -0.329. The van der Waals surface area contributed by atoms with Crippen molar-refractivity contribution in [1.29, 1.82) is 0 Å². The molecule has 5 nitrogen and oxygen atoms in total. The van der Waals surface area contributed by atoms with Crippen molar-refractivity contribution in [3.8, 4) is 5.75 Å². The molecule has 0 aliphatic carbocycles. The van der Waals surface area contributed by atoms with Gasteiger partial charge < -0.3 is 21.3 Å². The summed E-state index contributed by atoms with van der Waals surface area (Å²) < 4.78 is 0.755. The first kappa shape index (κ1) is 17.1. The number of phenols is 1. The summed E-state index contributed by atoms with van der Waals surface area (Å²) in [6.45, 7) is 0. The smallest absolute Gasteiger partial charge is 0.248 e. The van der Waals surface area contributed by atoms with Gasteiger partial charge in [-0.05, 0) is 42.8 Å². The predicted molar refractivity (Wildman–Crippen MR) is 94.0 cm³/mol. The standard InChI is InChI=1S/C17H17BrN2O3/c18-11-8-9-16(22)12(10-11)15(21)6-3-7-17(23)20-14-5-2-1-4-13(14)19/h1-5,7-10,15,21-22H,6,19H2,(H,20,23)/b7-3+/t15-/m0/s1. The van der Waals surface area contributed by atoms with E-state index in [4.69, 9.17) is 5.73 Å². The molecule has 2 aromatic rings. The molecular formula is C17H17BrN2O3. The lowest BCUT2D eigenvalue weighted by atomic mass is 10.1. The van der Waals surface area contributed by atoms with E-state index >= 15 is 0 Å². The Balaban J connectivity index is 1.94. The predicted octanol–water partition coefficient (Wildman–Crippen LogP) is 3.36. The maximum absolute atomic E-state index is 11.8. The number of para-hydroxylation sites is 2. The van der Waals surface area contributed by atoms with Crippen LogP contribution in [-0.2, 0) is 4.79 Å². The van der Waals surface area contributed by atoms with E-state index in [0.29, 0.717) is 16.9 Å². The van der Waals surface area contributed by atoms with Crippen LogP contribution in [0.4, 0.5) is 11.4 Å². The number of nitrogens with one attached hydrogen (secondary N) is 1. The zero-order chi connectivity index (χ0) is 16.8. The quantitative estimate of drug-likeness (QED) is 0.475. The van der Waals surface area contributed by atoms with Crippen molar-refractivity contribution in [3.05, 3.63) is 64.7 Å². The number of carbonyl (C=O) groups is 1. The molecular weight excluding hydrogens is 360 g/mol. The number of benzene rings is 2. The number of aromatic hydroxyl groups is 1. The Hall–Kier alpha value is -2.31. The largest absolute Gasteiger partial charge is 0.508 e. The molecule has 0 aliphatic heterocycles. The van der Waals surface area contributed by atoms with Crippen molar-refractivity contribution in [2.24, 2.45) is 0 Å². The number of hydrogen-bond acceptors (Lipinski definition) is 4. The molecule has 0 spiro atoms. The molecule has 1 atom stereocenters. The molecule has 2 rings (SSSR count). The van der Waals surface area contributed by atoms with Gasteiger partial charge in [-0.3, -0.25) is 4.79 Å². The van der Waals surface area contributed by atoms with E-state index in [2.05, 4.69) is 21.2 Å². The molecule has 120 valence electrons. The van der Waals surface area contributed by atoms with Crippen LogP contribution in [0.1, 0.15) is 18.1 Å².